The van der Waals surface area contributed by atoms with Gasteiger partial charge in [0.1, 0.15) is 5.82 Å². The molecular formula is C14H20FNO4S. The van der Waals surface area contributed by atoms with Crippen LogP contribution < -0.4 is 0 Å². The quantitative estimate of drug-likeness (QED) is 0.782. The topological polar surface area (TPSA) is 77.8 Å². The normalized spacial score (nSPS) is 22.6. The molecule has 0 amide bonds. The summed E-state index contributed by atoms with van der Waals surface area (Å²) in [4.78, 5) is 1.81. The van der Waals surface area contributed by atoms with E-state index in [1.807, 2.05) is 0 Å². The zero-order valence-electron chi connectivity index (χ0n) is 11.7. The summed E-state index contributed by atoms with van der Waals surface area (Å²) in [6.45, 7) is 0.112. The molecule has 0 aromatic heterocycles. The number of nitrogens with zero attached hydrogens (tertiary/aromatic N) is 1. The van der Waals surface area contributed by atoms with Crippen LogP contribution >= 0.6 is 0 Å². The van der Waals surface area contributed by atoms with E-state index in [0.29, 0.717) is 18.5 Å². The summed E-state index contributed by atoms with van der Waals surface area (Å²) < 4.78 is 36.5. The molecule has 5 nitrogen and oxygen atoms in total. The lowest BCUT2D eigenvalue weighted by Gasteiger charge is -2.29. The minimum atomic E-state index is -3.04. The van der Waals surface area contributed by atoms with Crippen molar-refractivity contribution >= 4 is 9.84 Å². The van der Waals surface area contributed by atoms with E-state index in [2.05, 4.69) is 0 Å². The third-order valence-electron chi connectivity index (χ3n) is 3.66. The fraction of sp³-hybridized carbons (Fsp3) is 0.571. The second-order valence-electron chi connectivity index (χ2n) is 5.45. The number of rotatable bonds is 6. The molecule has 0 spiro atoms. The van der Waals surface area contributed by atoms with Gasteiger partial charge < -0.3 is 10.2 Å². The molecule has 1 fully saturated rings. The van der Waals surface area contributed by atoms with Crippen molar-refractivity contribution in [2.24, 2.45) is 0 Å². The Labute approximate surface area is 123 Å². The summed E-state index contributed by atoms with van der Waals surface area (Å²) in [5.74, 6) is -0.179. The van der Waals surface area contributed by atoms with Crippen LogP contribution in [0, 0.1) is 5.82 Å². The molecule has 1 aliphatic rings. The van der Waals surface area contributed by atoms with Gasteiger partial charge in [-0.05, 0) is 24.1 Å². The Morgan fingerprint density at radius 3 is 2.76 bits per heavy atom. The van der Waals surface area contributed by atoms with Gasteiger partial charge in [0, 0.05) is 19.1 Å². The van der Waals surface area contributed by atoms with Crippen LogP contribution in [0.15, 0.2) is 24.3 Å². The fourth-order valence-corrected chi connectivity index (χ4v) is 4.37. The number of sulfone groups is 1. The van der Waals surface area contributed by atoms with Crippen LogP contribution in [0.5, 0.6) is 0 Å². The highest BCUT2D eigenvalue weighted by Gasteiger charge is 2.33. The lowest BCUT2D eigenvalue weighted by atomic mass is 10.1. The van der Waals surface area contributed by atoms with Crippen molar-refractivity contribution in [3.05, 3.63) is 35.6 Å². The van der Waals surface area contributed by atoms with Crippen molar-refractivity contribution in [1.82, 2.24) is 4.90 Å². The molecule has 0 saturated carbocycles. The molecule has 0 unspecified atom stereocenters. The molecule has 1 aromatic rings. The van der Waals surface area contributed by atoms with Gasteiger partial charge in [-0.1, -0.05) is 12.1 Å². The summed E-state index contributed by atoms with van der Waals surface area (Å²) in [7, 11) is -3.04. The largest absolute Gasteiger partial charge is 0.394 e. The highest BCUT2D eigenvalue weighted by Crippen LogP contribution is 2.20. The third-order valence-corrected chi connectivity index (χ3v) is 5.41. The van der Waals surface area contributed by atoms with Crippen LogP contribution in [0.1, 0.15) is 12.0 Å². The van der Waals surface area contributed by atoms with E-state index in [9.17, 15) is 17.9 Å². The molecule has 2 rings (SSSR count). The van der Waals surface area contributed by atoms with Crippen LogP contribution in [0.3, 0.4) is 0 Å². The van der Waals surface area contributed by atoms with Gasteiger partial charge in [0.2, 0.25) is 0 Å². The molecule has 0 radical (unpaired) electrons. The van der Waals surface area contributed by atoms with Crippen molar-refractivity contribution in [2.75, 3.05) is 24.7 Å². The summed E-state index contributed by atoms with van der Waals surface area (Å²) in [6.07, 6.45) is -0.447. The van der Waals surface area contributed by atoms with Gasteiger partial charge in [0.15, 0.2) is 9.84 Å². The second-order valence-corrected chi connectivity index (χ2v) is 7.68. The van der Waals surface area contributed by atoms with Crippen LogP contribution in [-0.2, 0) is 16.4 Å². The lowest BCUT2D eigenvalue weighted by Crippen LogP contribution is -2.41. The van der Waals surface area contributed by atoms with E-state index in [4.69, 9.17) is 5.11 Å². The second kappa shape index (κ2) is 6.83. The molecular weight excluding hydrogens is 297 g/mol. The molecule has 1 aliphatic heterocycles. The number of aliphatic hydroxyl groups excluding tert-OH is 2. The first-order chi connectivity index (χ1) is 9.89. The van der Waals surface area contributed by atoms with Crippen molar-refractivity contribution in [1.29, 1.82) is 0 Å². The predicted octanol–water partition coefficient (Wildman–Crippen LogP) is 0.168. The Hall–Kier alpha value is -1.02. The van der Waals surface area contributed by atoms with Gasteiger partial charge in [0.25, 0.3) is 0 Å². The van der Waals surface area contributed by atoms with E-state index < -0.39 is 15.9 Å². The number of hydrogen-bond donors (Lipinski definition) is 2. The van der Waals surface area contributed by atoms with Crippen LogP contribution in [0.25, 0.3) is 0 Å². The first-order valence-electron chi connectivity index (χ1n) is 6.87. The summed E-state index contributed by atoms with van der Waals surface area (Å²) in [6, 6.07) is 5.87. The van der Waals surface area contributed by atoms with Crippen LogP contribution in [-0.4, -0.2) is 60.3 Å². The smallest absolute Gasteiger partial charge is 0.151 e. The van der Waals surface area contributed by atoms with Gasteiger partial charge in [-0.2, -0.15) is 0 Å². The zero-order chi connectivity index (χ0) is 15.5. The maximum Gasteiger partial charge on any atom is 0.151 e. The average molecular weight is 317 g/mol. The zero-order valence-corrected chi connectivity index (χ0v) is 12.5. The number of halogens is 1. The van der Waals surface area contributed by atoms with E-state index >= 15 is 0 Å². The van der Waals surface area contributed by atoms with Crippen LogP contribution in [0.4, 0.5) is 4.39 Å². The Morgan fingerprint density at radius 2 is 2.19 bits per heavy atom. The molecule has 21 heavy (non-hydrogen) atoms. The van der Waals surface area contributed by atoms with E-state index in [0.717, 1.165) is 0 Å². The Bertz CT molecular complexity index is 578. The average Bonchev–Trinajstić information content (AvgIpc) is 2.78. The molecule has 2 N–H and O–H groups in total. The van der Waals surface area contributed by atoms with Gasteiger partial charge in [-0.25, -0.2) is 12.8 Å². The molecule has 1 saturated heterocycles. The van der Waals surface area contributed by atoms with Gasteiger partial charge in [0.05, 0.1) is 24.2 Å². The first-order valence-corrected chi connectivity index (χ1v) is 8.69. The molecule has 1 heterocycles. The molecule has 7 heteroatoms. The number of hydrogen-bond acceptors (Lipinski definition) is 5. The Kier molecular flexibility index (Phi) is 5.32. The van der Waals surface area contributed by atoms with Crippen molar-refractivity contribution < 1.29 is 23.0 Å². The maximum absolute atomic E-state index is 13.2. The Morgan fingerprint density at radius 1 is 1.43 bits per heavy atom. The van der Waals surface area contributed by atoms with Crippen LogP contribution in [0.2, 0.25) is 0 Å². The number of aliphatic hydroxyl groups is 2. The fourth-order valence-electron chi connectivity index (χ4n) is 2.60. The summed E-state index contributed by atoms with van der Waals surface area (Å²) in [5.41, 5.74) is 0.712. The monoisotopic (exact) mass is 317 g/mol. The Balaban J connectivity index is 2.12. The predicted molar refractivity (Wildman–Crippen MR) is 77.0 cm³/mol. The van der Waals surface area contributed by atoms with Crippen molar-refractivity contribution in [3.63, 3.8) is 0 Å². The summed E-state index contributed by atoms with van der Waals surface area (Å²) >= 11 is 0. The highest BCUT2D eigenvalue weighted by atomic mass is 32.2. The van der Waals surface area contributed by atoms with E-state index in [1.165, 1.54) is 12.1 Å². The molecule has 0 bridgehead atoms. The van der Waals surface area contributed by atoms with Gasteiger partial charge >= 0.3 is 0 Å². The first kappa shape index (κ1) is 16.4. The highest BCUT2D eigenvalue weighted by molar-refractivity contribution is 7.91. The van der Waals surface area contributed by atoms with Crippen molar-refractivity contribution in [3.8, 4) is 0 Å². The maximum atomic E-state index is 13.2. The molecule has 118 valence electrons. The third kappa shape index (κ3) is 4.74. The number of benzene rings is 1. The summed E-state index contributed by atoms with van der Waals surface area (Å²) in [5, 5.41) is 18.6. The van der Waals surface area contributed by atoms with Gasteiger partial charge in [-0.15, -0.1) is 0 Å². The minimum absolute atomic E-state index is 0.0421. The van der Waals surface area contributed by atoms with Crippen molar-refractivity contribution in [2.45, 2.75) is 25.1 Å². The SMILES string of the molecule is O=S1(=O)CC[C@H](N(Cc2cccc(F)c2)C[C@@H](O)CO)C1. The molecule has 2 atom stereocenters. The standard InChI is InChI=1S/C14H20FNO4S/c15-12-3-1-2-11(6-12)7-16(8-14(18)9-17)13-4-5-21(19,20)10-13/h1-3,6,13-14,17-18H,4-5,7-10H2/t13-,14+/m0/s1. The van der Waals surface area contributed by atoms with Gasteiger partial charge in [-0.3, -0.25) is 4.90 Å². The minimum Gasteiger partial charge on any atom is -0.394 e. The molecule has 1 aromatic carbocycles. The van der Waals surface area contributed by atoms with E-state index in [-0.39, 0.29) is 36.5 Å². The van der Waals surface area contributed by atoms with E-state index in [1.54, 1.807) is 17.0 Å². The molecule has 0 aliphatic carbocycles. The lowest BCUT2D eigenvalue weighted by molar-refractivity contribution is 0.0447.